The Morgan fingerprint density at radius 2 is 1.44 bits per heavy atom. The van der Waals surface area contributed by atoms with E-state index in [1.807, 2.05) is 6.92 Å². The largest absolute Gasteiger partial charge is 0.465 e. The van der Waals surface area contributed by atoms with E-state index >= 15 is 0 Å². The van der Waals surface area contributed by atoms with E-state index in [2.05, 4.69) is 0 Å². The number of hydrogen-bond acceptors (Lipinski definition) is 12. The predicted octanol–water partition coefficient (Wildman–Crippen LogP) is 0.384. The standard InChI is InChI=1S/C20H26O11S/c1-3-4-9-15(32-14-8-6-5-7-13(14)19(27)28-2)20(29-16(24)10-21,30-17(25)11-22)31-18(26)12-23/h5-8,15,21-23H,3-4,9-12H2,1-2H3. The van der Waals surface area contributed by atoms with Crippen LogP contribution in [0.25, 0.3) is 0 Å². The van der Waals surface area contributed by atoms with Gasteiger partial charge in [-0.1, -0.05) is 31.9 Å². The molecule has 178 valence electrons. The molecule has 0 aliphatic heterocycles. The average molecular weight is 474 g/mol. The van der Waals surface area contributed by atoms with Gasteiger partial charge in [-0.15, -0.1) is 11.8 Å². The summed E-state index contributed by atoms with van der Waals surface area (Å²) in [6.45, 7) is -1.57. The van der Waals surface area contributed by atoms with Gasteiger partial charge in [0.2, 0.25) is 0 Å². The summed E-state index contributed by atoms with van der Waals surface area (Å²) in [6.07, 6.45) is 1.25. The fraction of sp³-hybridized carbons (Fsp3) is 0.500. The van der Waals surface area contributed by atoms with Gasteiger partial charge in [-0.2, -0.15) is 0 Å². The molecule has 1 rings (SSSR count). The van der Waals surface area contributed by atoms with Gasteiger partial charge in [0.25, 0.3) is 0 Å². The molecule has 1 atom stereocenters. The smallest absolute Gasteiger partial charge is 0.436 e. The van der Waals surface area contributed by atoms with Crippen molar-refractivity contribution in [3.05, 3.63) is 29.8 Å². The number of carbonyl (C=O) groups excluding carboxylic acids is 4. The van der Waals surface area contributed by atoms with Crippen LogP contribution in [0.15, 0.2) is 29.2 Å². The summed E-state index contributed by atoms with van der Waals surface area (Å²) in [4.78, 5) is 48.4. The molecule has 0 aliphatic rings. The Kier molecular flexibility index (Phi) is 11.7. The van der Waals surface area contributed by atoms with Crippen molar-refractivity contribution in [1.29, 1.82) is 0 Å². The second-order valence-electron chi connectivity index (χ2n) is 6.24. The fourth-order valence-corrected chi connectivity index (χ4v) is 3.85. The second kappa shape index (κ2) is 13.7. The third kappa shape index (κ3) is 7.79. The normalized spacial score (nSPS) is 11.9. The lowest BCUT2D eigenvalue weighted by Crippen LogP contribution is -2.53. The lowest BCUT2D eigenvalue weighted by atomic mass is 10.1. The molecule has 0 saturated heterocycles. The first-order valence-electron chi connectivity index (χ1n) is 9.58. The average Bonchev–Trinajstić information content (AvgIpc) is 2.80. The fourth-order valence-electron chi connectivity index (χ4n) is 2.53. The van der Waals surface area contributed by atoms with Crippen molar-refractivity contribution in [3.63, 3.8) is 0 Å². The Labute approximate surface area is 188 Å². The van der Waals surface area contributed by atoms with Gasteiger partial charge >= 0.3 is 29.9 Å². The molecule has 3 N–H and O–H groups in total. The van der Waals surface area contributed by atoms with Crippen LogP contribution in [0.2, 0.25) is 0 Å². The Balaban J connectivity index is 3.59. The van der Waals surface area contributed by atoms with Gasteiger partial charge in [0.1, 0.15) is 25.1 Å². The van der Waals surface area contributed by atoms with Crippen molar-refractivity contribution in [2.45, 2.75) is 42.3 Å². The molecule has 1 aromatic rings. The summed E-state index contributed by atoms with van der Waals surface area (Å²) in [6, 6.07) is 6.24. The molecule has 0 spiro atoms. The van der Waals surface area contributed by atoms with Crippen LogP contribution in [0.3, 0.4) is 0 Å². The van der Waals surface area contributed by atoms with E-state index in [9.17, 15) is 19.2 Å². The number of aliphatic hydroxyl groups excluding tert-OH is 3. The number of rotatable bonds is 13. The molecular weight excluding hydrogens is 448 g/mol. The third-order valence-electron chi connectivity index (χ3n) is 3.93. The van der Waals surface area contributed by atoms with Gasteiger partial charge in [-0.3, -0.25) is 0 Å². The number of ether oxygens (including phenoxy) is 4. The lowest BCUT2D eigenvalue weighted by molar-refractivity contribution is -0.331. The molecule has 0 saturated carbocycles. The maximum absolute atomic E-state index is 12.2. The molecule has 1 aromatic carbocycles. The van der Waals surface area contributed by atoms with Crippen LogP contribution < -0.4 is 0 Å². The number of methoxy groups -OCH3 is 1. The molecule has 0 fully saturated rings. The highest BCUT2D eigenvalue weighted by Crippen LogP contribution is 2.40. The van der Waals surface area contributed by atoms with Crippen LogP contribution in [-0.4, -0.2) is 77.4 Å². The Hall–Kier alpha value is -2.67. The Morgan fingerprint density at radius 3 is 1.88 bits per heavy atom. The van der Waals surface area contributed by atoms with Gasteiger partial charge in [0.15, 0.2) is 0 Å². The van der Waals surface area contributed by atoms with E-state index in [1.54, 1.807) is 18.2 Å². The predicted molar refractivity (Wildman–Crippen MR) is 109 cm³/mol. The van der Waals surface area contributed by atoms with Crippen LogP contribution in [-0.2, 0) is 33.3 Å². The van der Waals surface area contributed by atoms with E-state index < -0.39 is 54.9 Å². The summed E-state index contributed by atoms with van der Waals surface area (Å²) in [5.41, 5.74) is 0.144. The molecule has 32 heavy (non-hydrogen) atoms. The summed E-state index contributed by atoms with van der Waals surface area (Å²) in [5, 5.41) is 26.3. The summed E-state index contributed by atoms with van der Waals surface area (Å²) < 4.78 is 19.9. The molecule has 0 bridgehead atoms. The van der Waals surface area contributed by atoms with Crippen molar-refractivity contribution in [3.8, 4) is 0 Å². The number of benzene rings is 1. The molecule has 12 heteroatoms. The molecule has 1 unspecified atom stereocenters. The quantitative estimate of drug-likeness (QED) is 0.205. The van der Waals surface area contributed by atoms with Gasteiger partial charge in [-0.05, 0) is 18.6 Å². The van der Waals surface area contributed by atoms with Crippen molar-refractivity contribution >= 4 is 35.6 Å². The zero-order chi connectivity index (χ0) is 24.1. The number of hydrogen-bond donors (Lipinski definition) is 3. The number of esters is 4. The maximum Gasteiger partial charge on any atom is 0.436 e. The van der Waals surface area contributed by atoms with Crippen molar-refractivity contribution < 1.29 is 53.4 Å². The highest BCUT2D eigenvalue weighted by atomic mass is 32.2. The number of unbranched alkanes of at least 4 members (excludes halogenated alkanes) is 1. The van der Waals surface area contributed by atoms with Crippen LogP contribution >= 0.6 is 11.8 Å². The second-order valence-corrected chi connectivity index (χ2v) is 7.48. The molecule has 0 heterocycles. The van der Waals surface area contributed by atoms with Gasteiger partial charge < -0.3 is 34.3 Å². The van der Waals surface area contributed by atoms with Crippen molar-refractivity contribution in [2.75, 3.05) is 26.9 Å². The van der Waals surface area contributed by atoms with Crippen LogP contribution in [0.5, 0.6) is 0 Å². The number of aliphatic hydroxyl groups is 3. The molecule has 0 aliphatic carbocycles. The van der Waals surface area contributed by atoms with Gasteiger partial charge in [0, 0.05) is 4.90 Å². The van der Waals surface area contributed by atoms with E-state index in [-0.39, 0.29) is 12.0 Å². The number of thioether (sulfide) groups is 1. The summed E-state index contributed by atoms with van der Waals surface area (Å²) in [7, 11) is 1.19. The minimum Gasteiger partial charge on any atom is -0.465 e. The Bertz CT molecular complexity index is 750. The van der Waals surface area contributed by atoms with Crippen molar-refractivity contribution in [2.24, 2.45) is 0 Å². The first-order valence-corrected chi connectivity index (χ1v) is 10.5. The lowest BCUT2D eigenvalue weighted by Gasteiger charge is -2.36. The van der Waals surface area contributed by atoms with E-state index in [1.165, 1.54) is 13.2 Å². The highest BCUT2D eigenvalue weighted by molar-refractivity contribution is 8.00. The highest BCUT2D eigenvalue weighted by Gasteiger charge is 2.52. The first-order chi connectivity index (χ1) is 15.3. The monoisotopic (exact) mass is 474 g/mol. The topological polar surface area (TPSA) is 166 Å². The maximum atomic E-state index is 12.2. The van der Waals surface area contributed by atoms with Crippen molar-refractivity contribution in [1.82, 2.24) is 0 Å². The molecule has 0 radical (unpaired) electrons. The van der Waals surface area contributed by atoms with Crippen LogP contribution in [0.4, 0.5) is 0 Å². The molecular formula is C20H26O11S. The van der Waals surface area contributed by atoms with Crippen LogP contribution in [0, 0.1) is 0 Å². The summed E-state index contributed by atoms with van der Waals surface area (Å²) in [5.74, 6) is -7.32. The SMILES string of the molecule is CCCCC(Sc1ccccc1C(=O)OC)C(OC(=O)CO)(OC(=O)CO)OC(=O)CO. The minimum absolute atomic E-state index is 0.132. The minimum atomic E-state index is -2.75. The van der Waals surface area contributed by atoms with E-state index in [0.29, 0.717) is 17.7 Å². The van der Waals surface area contributed by atoms with Gasteiger partial charge in [-0.25, -0.2) is 19.2 Å². The van der Waals surface area contributed by atoms with Crippen LogP contribution in [0.1, 0.15) is 36.5 Å². The van der Waals surface area contributed by atoms with E-state index in [4.69, 9.17) is 34.3 Å². The van der Waals surface area contributed by atoms with E-state index in [0.717, 1.165) is 11.8 Å². The molecule has 0 amide bonds. The molecule has 0 aromatic heterocycles. The third-order valence-corrected chi connectivity index (χ3v) is 5.35. The Morgan fingerprint density at radius 1 is 0.938 bits per heavy atom. The number of carbonyl (C=O) groups is 4. The zero-order valence-corrected chi connectivity index (χ0v) is 18.5. The summed E-state index contributed by atoms with van der Waals surface area (Å²) >= 11 is 0.886. The molecule has 11 nitrogen and oxygen atoms in total. The zero-order valence-electron chi connectivity index (χ0n) is 17.6. The van der Waals surface area contributed by atoms with Gasteiger partial charge in [0.05, 0.1) is 12.7 Å². The first kappa shape index (κ1) is 27.4.